The molecule has 0 heterocycles. The zero-order chi connectivity index (χ0) is 14.5. The van der Waals surface area contributed by atoms with Crippen molar-refractivity contribution in [3.63, 3.8) is 0 Å². The summed E-state index contributed by atoms with van der Waals surface area (Å²) in [6, 6.07) is 7.59. The van der Waals surface area contributed by atoms with E-state index in [1.54, 1.807) is 0 Å². The molecule has 2 N–H and O–H groups in total. The highest BCUT2D eigenvalue weighted by Gasteiger charge is 2.23. The number of hydrogen-bond donors (Lipinski definition) is 2. The van der Waals surface area contributed by atoms with E-state index >= 15 is 0 Å². The van der Waals surface area contributed by atoms with Crippen molar-refractivity contribution in [1.82, 2.24) is 5.32 Å². The molecule has 0 aliphatic heterocycles. The minimum atomic E-state index is -0.00299. The van der Waals surface area contributed by atoms with Gasteiger partial charge in [-0.3, -0.25) is 4.79 Å². The Labute approximate surface area is 116 Å². The molecule has 1 amide bonds. The van der Waals surface area contributed by atoms with Crippen molar-refractivity contribution in [3.05, 3.63) is 29.8 Å². The molecule has 0 aliphatic rings. The van der Waals surface area contributed by atoms with E-state index in [1.165, 1.54) is 0 Å². The summed E-state index contributed by atoms with van der Waals surface area (Å²) in [5.74, 6) is 0.528. The van der Waals surface area contributed by atoms with Crippen molar-refractivity contribution >= 4 is 11.6 Å². The largest absolute Gasteiger partial charge is 0.385 e. The van der Waals surface area contributed by atoms with Crippen LogP contribution < -0.4 is 10.6 Å². The maximum absolute atomic E-state index is 12.1. The number of anilines is 1. The van der Waals surface area contributed by atoms with Gasteiger partial charge in [0.05, 0.1) is 0 Å². The van der Waals surface area contributed by atoms with Gasteiger partial charge in [0.1, 0.15) is 0 Å². The van der Waals surface area contributed by atoms with Crippen LogP contribution in [0.25, 0.3) is 0 Å². The minimum Gasteiger partial charge on any atom is -0.385 e. The van der Waals surface area contributed by atoms with Gasteiger partial charge in [-0.25, -0.2) is 0 Å². The smallest absolute Gasteiger partial charge is 0.251 e. The van der Waals surface area contributed by atoms with Crippen LogP contribution in [-0.4, -0.2) is 19.0 Å². The standard InChI is InChI=1S/C16H26N2O/c1-6-17-14-9-7-13(8-10-14)15(19)18-11-16(4,5)12(2)3/h7-10,12,17H,6,11H2,1-5H3,(H,18,19). The molecule has 0 aromatic heterocycles. The van der Waals surface area contributed by atoms with Crippen molar-refractivity contribution in [2.45, 2.75) is 34.6 Å². The predicted molar refractivity (Wildman–Crippen MR) is 81.6 cm³/mol. The van der Waals surface area contributed by atoms with Gasteiger partial charge in [0, 0.05) is 24.3 Å². The maximum atomic E-state index is 12.1. The molecule has 1 aromatic rings. The molecule has 0 saturated heterocycles. The highest BCUT2D eigenvalue weighted by Crippen LogP contribution is 2.24. The summed E-state index contributed by atoms with van der Waals surface area (Å²) in [6.45, 7) is 12.3. The van der Waals surface area contributed by atoms with Gasteiger partial charge in [0.15, 0.2) is 0 Å². The minimum absolute atomic E-state index is 0.00299. The summed E-state index contributed by atoms with van der Waals surface area (Å²) in [7, 11) is 0. The van der Waals surface area contributed by atoms with Crippen LogP contribution in [0, 0.1) is 11.3 Å². The number of hydrogen-bond acceptors (Lipinski definition) is 2. The Morgan fingerprint density at radius 2 is 1.79 bits per heavy atom. The van der Waals surface area contributed by atoms with Crippen LogP contribution in [0.3, 0.4) is 0 Å². The Morgan fingerprint density at radius 3 is 2.26 bits per heavy atom. The van der Waals surface area contributed by atoms with Gasteiger partial charge in [-0.15, -0.1) is 0 Å². The Hall–Kier alpha value is -1.51. The third-order valence-corrected chi connectivity index (χ3v) is 3.80. The average molecular weight is 262 g/mol. The summed E-state index contributed by atoms with van der Waals surface area (Å²) in [4.78, 5) is 12.1. The fourth-order valence-electron chi connectivity index (χ4n) is 1.56. The van der Waals surface area contributed by atoms with E-state index in [4.69, 9.17) is 0 Å². The summed E-state index contributed by atoms with van der Waals surface area (Å²) < 4.78 is 0. The van der Waals surface area contributed by atoms with Gasteiger partial charge in [0.2, 0.25) is 0 Å². The molecule has 0 radical (unpaired) electrons. The lowest BCUT2D eigenvalue weighted by molar-refractivity contribution is 0.0925. The van der Waals surface area contributed by atoms with E-state index in [1.807, 2.05) is 24.3 Å². The highest BCUT2D eigenvalue weighted by atomic mass is 16.1. The zero-order valence-electron chi connectivity index (χ0n) is 12.7. The quantitative estimate of drug-likeness (QED) is 0.823. The van der Waals surface area contributed by atoms with E-state index in [0.717, 1.165) is 12.2 Å². The molecule has 0 atom stereocenters. The Balaban J connectivity index is 2.59. The van der Waals surface area contributed by atoms with Gasteiger partial charge in [-0.1, -0.05) is 27.7 Å². The maximum Gasteiger partial charge on any atom is 0.251 e. The first-order valence-electron chi connectivity index (χ1n) is 6.99. The fourth-order valence-corrected chi connectivity index (χ4v) is 1.56. The second kappa shape index (κ2) is 6.60. The summed E-state index contributed by atoms with van der Waals surface area (Å²) >= 11 is 0. The van der Waals surface area contributed by atoms with Crippen LogP contribution in [-0.2, 0) is 0 Å². The number of rotatable bonds is 6. The third-order valence-electron chi connectivity index (χ3n) is 3.80. The van der Waals surface area contributed by atoms with E-state index in [9.17, 15) is 4.79 Å². The number of benzene rings is 1. The van der Waals surface area contributed by atoms with Gasteiger partial charge < -0.3 is 10.6 Å². The van der Waals surface area contributed by atoms with Gasteiger partial charge in [-0.05, 0) is 42.5 Å². The van der Waals surface area contributed by atoms with Crippen LogP contribution in [0.15, 0.2) is 24.3 Å². The fraction of sp³-hybridized carbons (Fsp3) is 0.562. The van der Waals surface area contributed by atoms with Crippen molar-refractivity contribution in [2.24, 2.45) is 11.3 Å². The Bertz CT molecular complexity index is 407. The third kappa shape index (κ3) is 4.58. The molecule has 0 unspecified atom stereocenters. The van der Waals surface area contributed by atoms with E-state index < -0.39 is 0 Å². The number of amides is 1. The molecular weight excluding hydrogens is 236 g/mol. The highest BCUT2D eigenvalue weighted by molar-refractivity contribution is 5.94. The SMILES string of the molecule is CCNc1ccc(C(=O)NCC(C)(C)C(C)C)cc1. The first-order chi connectivity index (χ1) is 8.86. The van der Waals surface area contributed by atoms with E-state index in [0.29, 0.717) is 18.0 Å². The summed E-state index contributed by atoms with van der Waals surface area (Å²) in [5.41, 5.74) is 1.86. The van der Waals surface area contributed by atoms with Crippen molar-refractivity contribution in [2.75, 3.05) is 18.4 Å². The number of carbonyl (C=O) groups is 1. The van der Waals surface area contributed by atoms with Gasteiger partial charge in [-0.2, -0.15) is 0 Å². The van der Waals surface area contributed by atoms with Crippen LogP contribution in [0.5, 0.6) is 0 Å². The van der Waals surface area contributed by atoms with Crippen LogP contribution in [0.1, 0.15) is 45.0 Å². The molecule has 0 bridgehead atoms. The lowest BCUT2D eigenvalue weighted by Crippen LogP contribution is -2.36. The van der Waals surface area contributed by atoms with Gasteiger partial charge >= 0.3 is 0 Å². The van der Waals surface area contributed by atoms with Crippen LogP contribution in [0.2, 0.25) is 0 Å². The molecule has 106 valence electrons. The van der Waals surface area contributed by atoms with Crippen LogP contribution >= 0.6 is 0 Å². The average Bonchev–Trinajstić information content (AvgIpc) is 2.37. The molecule has 1 rings (SSSR count). The molecule has 1 aromatic carbocycles. The molecule has 19 heavy (non-hydrogen) atoms. The van der Waals surface area contributed by atoms with Crippen molar-refractivity contribution < 1.29 is 4.79 Å². The van der Waals surface area contributed by atoms with Crippen molar-refractivity contribution in [1.29, 1.82) is 0 Å². The molecule has 0 fully saturated rings. The monoisotopic (exact) mass is 262 g/mol. The lowest BCUT2D eigenvalue weighted by atomic mass is 9.81. The summed E-state index contributed by atoms with van der Waals surface area (Å²) in [6.07, 6.45) is 0. The molecule has 0 aliphatic carbocycles. The molecule has 3 nitrogen and oxygen atoms in total. The number of carbonyl (C=O) groups excluding carboxylic acids is 1. The van der Waals surface area contributed by atoms with Crippen LogP contribution in [0.4, 0.5) is 5.69 Å². The topological polar surface area (TPSA) is 41.1 Å². The molecule has 0 saturated carbocycles. The Morgan fingerprint density at radius 1 is 1.21 bits per heavy atom. The second-order valence-electron chi connectivity index (χ2n) is 5.93. The van der Waals surface area contributed by atoms with Crippen molar-refractivity contribution in [3.8, 4) is 0 Å². The molecule has 0 spiro atoms. The predicted octanol–water partition coefficient (Wildman–Crippen LogP) is 3.53. The second-order valence-corrected chi connectivity index (χ2v) is 5.93. The van der Waals surface area contributed by atoms with Gasteiger partial charge in [0.25, 0.3) is 5.91 Å². The first-order valence-corrected chi connectivity index (χ1v) is 6.99. The zero-order valence-corrected chi connectivity index (χ0v) is 12.7. The lowest BCUT2D eigenvalue weighted by Gasteiger charge is -2.29. The first kappa shape index (κ1) is 15.5. The molecular formula is C16H26N2O. The van der Waals surface area contributed by atoms with E-state index in [-0.39, 0.29) is 11.3 Å². The number of nitrogens with one attached hydrogen (secondary N) is 2. The Kier molecular flexibility index (Phi) is 5.40. The normalized spacial score (nSPS) is 11.5. The summed E-state index contributed by atoms with van der Waals surface area (Å²) in [5, 5.41) is 6.23. The molecule has 3 heteroatoms. The van der Waals surface area contributed by atoms with E-state index in [2.05, 4.69) is 45.3 Å².